The summed E-state index contributed by atoms with van der Waals surface area (Å²) in [6.07, 6.45) is 0. The SMILES string of the molecule is Cc1nc(CN2C(=O)c3ccccc3C2=O)oc1C(C)(C)O[SiH2]C(C)(C)C. The third-order valence-electron chi connectivity index (χ3n) is 4.43. The number of benzene rings is 1. The molecular weight excluding hydrogens is 360 g/mol. The highest BCUT2D eigenvalue weighted by Crippen LogP contribution is 2.32. The molecule has 6 nitrogen and oxygen atoms in total. The predicted octanol–water partition coefficient (Wildman–Crippen LogP) is 3.33. The van der Waals surface area contributed by atoms with Gasteiger partial charge < -0.3 is 8.84 Å². The average molecular weight is 387 g/mol. The van der Waals surface area contributed by atoms with Gasteiger partial charge in [-0.05, 0) is 37.9 Å². The van der Waals surface area contributed by atoms with Crippen molar-refractivity contribution in [2.45, 2.75) is 58.7 Å². The summed E-state index contributed by atoms with van der Waals surface area (Å²) in [5, 5.41) is 0.161. The van der Waals surface area contributed by atoms with Crippen molar-refractivity contribution in [2.75, 3.05) is 0 Å². The van der Waals surface area contributed by atoms with Crippen molar-refractivity contribution in [2.24, 2.45) is 0 Å². The second kappa shape index (κ2) is 6.72. The van der Waals surface area contributed by atoms with Gasteiger partial charge in [0.1, 0.15) is 12.1 Å². The van der Waals surface area contributed by atoms with Gasteiger partial charge in [0.15, 0.2) is 15.5 Å². The number of hydrogen-bond donors (Lipinski definition) is 0. The first-order valence-electron chi connectivity index (χ1n) is 9.05. The molecule has 3 rings (SSSR count). The molecule has 0 saturated carbocycles. The number of aryl methyl sites for hydroxylation is 1. The fraction of sp³-hybridized carbons (Fsp3) is 0.450. The van der Waals surface area contributed by atoms with E-state index in [-0.39, 0.29) is 23.4 Å². The van der Waals surface area contributed by atoms with Gasteiger partial charge in [0.05, 0.1) is 16.8 Å². The van der Waals surface area contributed by atoms with E-state index in [1.165, 1.54) is 4.90 Å². The Hall–Kier alpha value is -2.25. The Balaban J connectivity index is 1.80. The molecule has 0 unspecified atom stereocenters. The zero-order chi connectivity index (χ0) is 20.0. The van der Waals surface area contributed by atoms with Crippen LogP contribution in [0.15, 0.2) is 28.7 Å². The van der Waals surface area contributed by atoms with Crippen molar-refractivity contribution in [3.05, 3.63) is 52.7 Å². The predicted molar refractivity (Wildman–Crippen MR) is 104 cm³/mol. The minimum absolute atomic E-state index is 0.0139. The highest BCUT2D eigenvalue weighted by atomic mass is 28.2. The van der Waals surface area contributed by atoms with Crippen LogP contribution in [-0.2, 0) is 16.6 Å². The topological polar surface area (TPSA) is 72.6 Å². The van der Waals surface area contributed by atoms with Crippen LogP contribution in [0, 0.1) is 6.92 Å². The van der Waals surface area contributed by atoms with E-state index in [4.69, 9.17) is 8.84 Å². The van der Waals surface area contributed by atoms with E-state index >= 15 is 0 Å². The standard InChI is InChI=1S/C20H26N2O4Si/c1-12-16(20(5,6)26-27-19(2,3)4)25-15(21-12)11-22-17(23)13-9-7-8-10-14(13)18(22)24/h7-10H,11,27H2,1-6H3. The van der Waals surface area contributed by atoms with Gasteiger partial charge in [-0.2, -0.15) is 0 Å². The number of aromatic nitrogens is 1. The van der Waals surface area contributed by atoms with E-state index in [2.05, 4.69) is 25.8 Å². The Morgan fingerprint density at radius 1 is 1.07 bits per heavy atom. The molecule has 0 spiro atoms. The minimum Gasteiger partial charge on any atom is -0.440 e. The van der Waals surface area contributed by atoms with Gasteiger partial charge in [-0.15, -0.1) is 0 Å². The van der Waals surface area contributed by atoms with Crippen molar-refractivity contribution in [1.82, 2.24) is 9.88 Å². The van der Waals surface area contributed by atoms with Crippen LogP contribution in [0.2, 0.25) is 5.04 Å². The van der Waals surface area contributed by atoms with Crippen LogP contribution in [0.4, 0.5) is 0 Å². The summed E-state index contributed by atoms with van der Waals surface area (Å²) in [7, 11) is -0.785. The molecule has 0 radical (unpaired) electrons. The second-order valence-electron chi connectivity index (χ2n) is 8.62. The molecule has 0 atom stereocenters. The van der Waals surface area contributed by atoms with Gasteiger partial charge in [0, 0.05) is 0 Å². The van der Waals surface area contributed by atoms with E-state index < -0.39 is 15.4 Å². The molecular formula is C20H26N2O4Si. The van der Waals surface area contributed by atoms with Gasteiger partial charge in [-0.1, -0.05) is 32.9 Å². The molecule has 1 aromatic heterocycles. The molecule has 1 aromatic carbocycles. The van der Waals surface area contributed by atoms with Gasteiger partial charge in [0.25, 0.3) is 11.8 Å². The number of imide groups is 1. The van der Waals surface area contributed by atoms with Crippen molar-refractivity contribution in [1.29, 1.82) is 0 Å². The van der Waals surface area contributed by atoms with Crippen molar-refractivity contribution in [3.63, 3.8) is 0 Å². The van der Waals surface area contributed by atoms with Crippen LogP contribution in [0.3, 0.4) is 0 Å². The second-order valence-corrected chi connectivity index (χ2v) is 11.3. The van der Waals surface area contributed by atoms with Crippen molar-refractivity contribution in [3.8, 4) is 0 Å². The quantitative estimate of drug-likeness (QED) is 0.582. The highest BCUT2D eigenvalue weighted by molar-refractivity contribution is 6.31. The first kappa shape index (κ1) is 19.5. The number of hydrogen-bond acceptors (Lipinski definition) is 5. The molecule has 7 heteroatoms. The maximum atomic E-state index is 12.5. The molecule has 1 aliphatic rings. The Labute approximate surface area is 161 Å². The van der Waals surface area contributed by atoms with Crippen LogP contribution in [-0.4, -0.2) is 31.5 Å². The number of amides is 2. The fourth-order valence-electron chi connectivity index (χ4n) is 3.06. The largest absolute Gasteiger partial charge is 0.440 e. The number of fused-ring (bicyclic) bond motifs is 1. The smallest absolute Gasteiger partial charge is 0.262 e. The fourth-order valence-corrected chi connectivity index (χ4v) is 3.98. The maximum absolute atomic E-state index is 12.5. The number of nitrogens with zero attached hydrogens (tertiary/aromatic N) is 2. The lowest BCUT2D eigenvalue weighted by molar-refractivity contribution is 0.0612. The van der Waals surface area contributed by atoms with Gasteiger partial charge in [-0.25, -0.2) is 4.98 Å². The van der Waals surface area contributed by atoms with E-state index in [1.54, 1.807) is 24.3 Å². The molecule has 0 fully saturated rings. The Morgan fingerprint density at radius 2 is 1.63 bits per heavy atom. The summed E-state index contributed by atoms with van der Waals surface area (Å²) in [5.41, 5.74) is 0.961. The molecule has 27 heavy (non-hydrogen) atoms. The van der Waals surface area contributed by atoms with E-state index in [9.17, 15) is 9.59 Å². The lowest BCUT2D eigenvalue weighted by atomic mass is 10.1. The minimum atomic E-state index is -0.785. The zero-order valence-electron chi connectivity index (χ0n) is 16.8. The van der Waals surface area contributed by atoms with Crippen molar-refractivity contribution < 1.29 is 18.4 Å². The van der Waals surface area contributed by atoms with Crippen LogP contribution < -0.4 is 0 Å². The molecule has 0 N–H and O–H groups in total. The molecule has 2 amide bonds. The summed E-state index contributed by atoms with van der Waals surface area (Å²) in [5.74, 6) is 0.351. The molecule has 2 heterocycles. The first-order chi connectivity index (χ1) is 12.5. The van der Waals surface area contributed by atoms with Crippen LogP contribution in [0.25, 0.3) is 0 Å². The lowest BCUT2D eigenvalue weighted by Crippen LogP contribution is -2.29. The van der Waals surface area contributed by atoms with E-state index in [1.807, 2.05) is 20.8 Å². The van der Waals surface area contributed by atoms with Gasteiger partial charge in [-0.3, -0.25) is 14.5 Å². The third-order valence-corrected chi connectivity index (χ3v) is 6.16. The summed E-state index contributed by atoms with van der Waals surface area (Å²) >= 11 is 0. The Bertz CT molecular complexity index is 861. The summed E-state index contributed by atoms with van der Waals surface area (Å²) in [4.78, 5) is 30.7. The summed E-state index contributed by atoms with van der Waals surface area (Å²) < 4.78 is 12.1. The van der Waals surface area contributed by atoms with E-state index in [0.29, 0.717) is 22.8 Å². The normalized spacial score (nSPS) is 15.3. The number of rotatable bonds is 5. The first-order valence-corrected chi connectivity index (χ1v) is 10.3. The zero-order valence-corrected chi connectivity index (χ0v) is 18.2. The average Bonchev–Trinajstić information content (AvgIpc) is 3.07. The van der Waals surface area contributed by atoms with Gasteiger partial charge >= 0.3 is 0 Å². The third kappa shape index (κ3) is 3.89. The lowest BCUT2D eigenvalue weighted by Gasteiger charge is -2.28. The Morgan fingerprint density at radius 3 is 2.15 bits per heavy atom. The number of oxazole rings is 1. The molecule has 144 valence electrons. The van der Waals surface area contributed by atoms with Gasteiger partial charge in [0.2, 0.25) is 5.89 Å². The van der Waals surface area contributed by atoms with Crippen LogP contribution >= 0.6 is 0 Å². The van der Waals surface area contributed by atoms with E-state index in [0.717, 1.165) is 5.69 Å². The monoisotopic (exact) mass is 386 g/mol. The number of carbonyl (C=O) groups is 2. The van der Waals surface area contributed by atoms with Crippen molar-refractivity contribution >= 4 is 21.6 Å². The Kier molecular flexibility index (Phi) is 4.86. The molecule has 2 aromatic rings. The highest BCUT2D eigenvalue weighted by Gasteiger charge is 2.37. The summed E-state index contributed by atoms with van der Waals surface area (Å²) in [6, 6.07) is 6.82. The molecule has 0 saturated heterocycles. The van der Waals surface area contributed by atoms with Crippen LogP contribution in [0.5, 0.6) is 0 Å². The molecule has 0 aliphatic carbocycles. The maximum Gasteiger partial charge on any atom is 0.262 e. The number of carbonyl (C=O) groups excluding carboxylic acids is 2. The molecule has 1 aliphatic heterocycles. The van der Waals surface area contributed by atoms with Crippen LogP contribution in [0.1, 0.15) is 72.7 Å². The summed E-state index contributed by atoms with van der Waals surface area (Å²) in [6.45, 7) is 12.3. The molecule has 0 bridgehead atoms.